The number of benzene rings is 1. The molecule has 0 unspecified atom stereocenters. The van der Waals surface area contributed by atoms with Gasteiger partial charge in [0.1, 0.15) is 0 Å². The van der Waals surface area contributed by atoms with E-state index in [9.17, 15) is 0 Å². The highest BCUT2D eigenvalue weighted by Gasteiger charge is 2.14. The summed E-state index contributed by atoms with van der Waals surface area (Å²) in [4.78, 5) is 0. The molecular formula is C11H15ClN2O. The summed E-state index contributed by atoms with van der Waals surface area (Å²) in [6.45, 7) is 1.64. The average molecular weight is 227 g/mol. The van der Waals surface area contributed by atoms with Crippen LogP contribution in [0.15, 0.2) is 18.2 Å². The molecule has 1 aromatic rings. The molecule has 1 saturated heterocycles. The summed E-state index contributed by atoms with van der Waals surface area (Å²) in [5.41, 5.74) is 7.43. The first-order chi connectivity index (χ1) is 7.27. The number of ether oxygens (including phenoxy) is 1. The number of nitrogens with one attached hydrogen (secondary N) is 1. The molecule has 0 aromatic heterocycles. The van der Waals surface area contributed by atoms with Gasteiger partial charge in [-0.15, -0.1) is 0 Å². The Hall–Kier alpha value is -0.930. The molecule has 1 aliphatic heterocycles. The lowest BCUT2D eigenvalue weighted by molar-refractivity contribution is 0.0904. The monoisotopic (exact) mass is 226 g/mol. The van der Waals surface area contributed by atoms with Crippen molar-refractivity contribution in [1.82, 2.24) is 0 Å². The smallest absolute Gasteiger partial charge is 0.0739 e. The van der Waals surface area contributed by atoms with Crippen LogP contribution in [0, 0.1) is 0 Å². The van der Waals surface area contributed by atoms with Crippen LogP contribution in [0.5, 0.6) is 0 Å². The van der Waals surface area contributed by atoms with Gasteiger partial charge in [-0.05, 0) is 25.0 Å². The maximum Gasteiger partial charge on any atom is 0.0739 e. The molecule has 0 radical (unpaired) electrons. The maximum atomic E-state index is 5.94. The Morgan fingerprint density at radius 1 is 1.33 bits per heavy atom. The van der Waals surface area contributed by atoms with Gasteiger partial charge in [-0.3, -0.25) is 0 Å². The van der Waals surface area contributed by atoms with E-state index in [0.29, 0.717) is 16.8 Å². The van der Waals surface area contributed by atoms with Crippen LogP contribution in [0.4, 0.5) is 11.4 Å². The fourth-order valence-electron chi connectivity index (χ4n) is 1.72. The summed E-state index contributed by atoms with van der Waals surface area (Å²) < 4.78 is 5.29. The molecule has 2 rings (SSSR count). The minimum Gasteiger partial charge on any atom is -0.396 e. The van der Waals surface area contributed by atoms with Gasteiger partial charge >= 0.3 is 0 Å². The van der Waals surface area contributed by atoms with E-state index in [1.165, 1.54) is 0 Å². The number of nitrogen functional groups attached to an aromatic ring is 1. The summed E-state index contributed by atoms with van der Waals surface area (Å²) in [5, 5.41) is 4.00. The number of hydrogen-bond acceptors (Lipinski definition) is 3. The Labute approximate surface area is 94.6 Å². The summed E-state index contributed by atoms with van der Waals surface area (Å²) >= 11 is 5.94. The zero-order chi connectivity index (χ0) is 10.7. The van der Waals surface area contributed by atoms with E-state index in [1.807, 2.05) is 12.1 Å². The molecule has 82 valence electrons. The van der Waals surface area contributed by atoms with Gasteiger partial charge in [-0.25, -0.2) is 0 Å². The molecule has 0 saturated carbocycles. The number of rotatable bonds is 2. The molecule has 4 heteroatoms. The van der Waals surface area contributed by atoms with Crippen molar-refractivity contribution in [3.63, 3.8) is 0 Å². The largest absolute Gasteiger partial charge is 0.396 e. The van der Waals surface area contributed by atoms with Crippen LogP contribution in [-0.2, 0) is 4.74 Å². The van der Waals surface area contributed by atoms with Crippen LogP contribution >= 0.6 is 11.6 Å². The third kappa shape index (κ3) is 2.55. The van der Waals surface area contributed by atoms with Crippen molar-refractivity contribution in [2.24, 2.45) is 0 Å². The zero-order valence-corrected chi connectivity index (χ0v) is 9.26. The second-order valence-corrected chi connectivity index (χ2v) is 4.14. The van der Waals surface area contributed by atoms with Crippen molar-refractivity contribution in [3.8, 4) is 0 Å². The first-order valence-electron chi connectivity index (χ1n) is 5.15. The van der Waals surface area contributed by atoms with Crippen molar-refractivity contribution in [3.05, 3.63) is 23.2 Å². The molecule has 1 heterocycles. The first-order valence-corrected chi connectivity index (χ1v) is 5.53. The number of hydrogen-bond donors (Lipinski definition) is 2. The van der Waals surface area contributed by atoms with E-state index in [0.717, 1.165) is 31.7 Å². The minimum absolute atomic E-state index is 0.444. The number of nitrogens with two attached hydrogens (primary N) is 1. The highest BCUT2D eigenvalue weighted by atomic mass is 35.5. The summed E-state index contributed by atoms with van der Waals surface area (Å²) in [5.74, 6) is 0. The highest BCUT2D eigenvalue weighted by molar-refractivity contribution is 6.33. The van der Waals surface area contributed by atoms with Crippen LogP contribution in [0.3, 0.4) is 0 Å². The van der Waals surface area contributed by atoms with Gasteiger partial charge in [-0.1, -0.05) is 17.7 Å². The van der Waals surface area contributed by atoms with Gasteiger partial charge in [0.25, 0.3) is 0 Å². The van der Waals surface area contributed by atoms with Crippen molar-refractivity contribution in [2.75, 3.05) is 24.3 Å². The second-order valence-electron chi connectivity index (χ2n) is 3.73. The fourth-order valence-corrected chi connectivity index (χ4v) is 1.90. The lowest BCUT2D eigenvalue weighted by atomic mass is 10.1. The van der Waals surface area contributed by atoms with Gasteiger partial charge < -0.3 is 15.8 Å². The highest BCUT2D eigenvalue weighted by Crippen LogP contribution is 2.28. The minimum atomic E-state index is 0.444. The standard InChI is InChI=1S/C11H15ClN2O/c12-9-2-1-3-10(11(9)13)14-8-4-6-15-7-5-8/h1-3,8,14H,4-7,13H2. The molecule has 3 nitrogen and oxygen atoms in total. The van der Waals surface area contributed by atoms with Crippen molar-refractivity contribution in [1.29, 1.82) is 0 Å². The zero-order valence-electron chi connectivity index (χ0n) is 8.50. The molecule has 0 aliphatic carbocycles. The number of halogens is 1. The fraction of sp³-hybridized carbons (Fsp3) is 0.455. The van der Waals surface area contributed by atoms with E-state index < -0.39 is 0 Å². The lowest BCUT2D eigenvalue weighted by Gasteiger charge is -2.24. The van der Waals surface area contributed by atoms with Crippen molar-refractivity contribution >= 4 is 23.0 Å². The molecule has 15 heavy (non-hydrogen) atoms. The molecule has 1 fully saturated rings. The Kier molecular flexibility index (Phi) is 3.34. The molecule has 0 amide bonds. The Balaban J connectivity index is 2.06. The SMILES string of the molecule is Nc1c(Cl)cccc1NC1CCOCC1. The molecular weight excluding hydrogens is 212 g/mol. The predicted octanol–water partition coefficient (Wildman–Crippen LogP) is 2.51. The Bertz CT molecular complexity index is 337. The Morgan fingerprint density at radius 3 is 2.80 bits per heavy atom. The van der Waals surface area contributed by atoms with Crippen LogP contribution in [-0.4, -0.2) is 19.3 Å². The third-order valence-electron chi connectivity index (χ3n) is 2.63. The van der Waals surface area contributed by atoms with Crippen LogP contribution < -0.4 is 11.1 Å². The first kappa shape index (κ1) is 10.6. The van der Waals surface area contributed by atoms with E-state index in [2.05, 4.69) is 5.32 Å². The third-order valence-corrected chi connectivity index (χ3v) is 2.96. The van der Waals surface area contributed by atoms with Gasteiger partial charge in [0.15, 0.2) is 0 Å². The van der Waals surface area contributed by atoms with Gasteiger partial charge in [0.05, 0.1) is 16.4 Å². The molecule has 0 spiro atoms. The van der Waals surface area contributed by atoms with Gasteiger partial charge in [0.2, 0.25) is 0 Å². The molecule has 0 bridgehead atoms. The summed E-state index contributed by atoms with van der Waals surface area (Å²) in [7, 11) is 0. The summed E-state index contributed by atoms with van der Waals surface area (Å²) in [6.07, 6.45) is 2.04. The van der Waals surface area contributed by atoms with E-state index >= 15 is 0 Å². The number of anilines is 2. The van der Waals surface area contributed by atoms with Gasteiger partial charge in [0, 0.05) is 19.3 Å². The van der Waals surface area contributed by atoms with Gasteiger partial charge in [-0.2, -0.15) is 0 Å². The van der Waals surface area contributed by atoms with E-state index in [-0.39, 0.29) is 0 Å². The normalized spacial score (nSPS) is 17.7. The molecule has 1 aliphatic rings. The molecule has 0 atom stereocenters. The van der Waals surface area contributed by atoms with Crippen LogP contribution in [0.1, 0.15) is 12.8 Å². The lowest BCUT2D eigenvalue weighted by Crippen LogP contribution is -2.28. The maximum absolute atomic E-state index is 5.94. The Morgan fingerprint density at radius 2 is 2.07 bits per heavy atom. The van der Waals surface area contributed by atoms with E-state index in [1.54, 1.807) is 6.07 Å². The quantitative estimate of drug-likeness (QED) is 0.762. The topological polar surface area (TPSA) is 47.3 Å². The summed E-state index contributed by atoms with van der Waals surface area (Å²) in [6, 6.07) is 6.10. The van der Waals surface area contributed by atoms with Crippen LogP contribution in [0.2, 0.25) is 5.02 Å². The van der Waals surface area contributed by atoms with Crippen LogP contribution in [0.25, 0.3) is 0 Å². The van der Waals surface area contributed by atoms with E-state index in [4.69, 9.17) is 22.1 Å². The van der Waals surface area contributed by atoms with Crippen molar-refractivity contribution in [2.45, 2.75) is 18.9 Å². The second kappa shape index (κ2) is 4.73. The predicted molar refractivity (Wildman–Crippen MR) is 63.3 cm³/mol. The van der Waals surface area contributed by atoms with Crippen molar-refractivity contribution < 1.29 is 4.74 Å². The number of para-hydroxylation sites is 1. The molecule has 1 aromatic carbocycles. The average Bonchev–Trinajstić information content (AvgIpc) is 2.26. The molecule has 3 N–H and O–H groups in total.